The SMILES string of the molecule is Fc1ccc(Br)cc1OC1CCCCCC1. The first-order valence-electron chi connectivity index (χ1n) is 5.87. The molecule has 1 saturated carbocycles. The smallest absolute Gasteiger partial charge is 0.165 e. The number of ether oxygens (including phenoxy) is 1. The average molecular weight is 287 g/mol. The molecule has 0 saturated heterocycles. The summed E-state index contributed by atoms with van der Waals surface area (Å²) in [6.07, 6.45) is 7.23. The molecule has 1 aliphatic carbocycles. The summed E-state index contributed by atoms with van der Waals surface area (Å²) in [4.78, 5) is 0. The molecular formula is C13H16BrFO. The molecule has 0 aromatic heterocycles. The van der Waals surface area contributed by atoms with Gasteiger partial charge in [0, 0.05) is 4.47 Å². The standard InChI is InChI=1S/C13H16BrFO/c14-10-7-8-12(15)13(9-10)16-11-5-3-1-2-4-6-11/h7-9,11H,1-6H2. The van der Waals surface area contributed by atoms with Gasteiger partial charge in [-0.25, -0.2) is 4.39 Å². The lowest BCUT2D eigenvalue weighted by Crippen LogP contribution is -2.15. The summed E-state index contributed by atoms with van der Waals surface area (Å²) in [5.41, 5.74) is 0. The van der Waals surface area contributed by atoms with E-state index in [9.17, 15) is 4.39 Å². The molecule has 0 radical (unpaired) electrons. The van der Waals surface area contributed by atoms with Crippen LogP contribution in [0.1, 0.15) is 38.5 Å². The average Bonchev–Trinajstić information content (AvgIpc) is 2.52. The zero-order valence-electron chi connectivity index (χ0n) is 9.22. The molecule has 1 aliphatic rings. The molecule has 0 N–H and O–H groups in total. The Balaban J connectivity index is 2.04. The molecule has 0 amide bonds. The first-order chi connectivity index (χ1) is 7.75. The van der Waals surface area contributed by atoms with Gasteiger partial charge in [0.2, 0.25) is 0 Å². The fourth-order valence-electron chi connectivity index (χ4n) is 2.11. The minimum Gasteiger partial charge on any atom is -0.487 e. The maximum atomic E-state index is 13.5. The quantitative estimate of drug-likeness (QED) is 0.717. The maximum Gasteiger partial charge on any atom is 0.165 e. The molecule has 3 heteroatoms. The van der Waals surface area contributed by atoms with Gasteiger partial charge in [0.1, 0.15) is 0 Å². The van der Waals surface area contributed by atoms with Crippen LogP contribution < -0.4 is 4.74 Å². The van der Waals surface area contributed by atoms with Crippen molar-refractivity contribution in [2.45, 2.75) is 44.6 Å². The van der Waals surface area contributed by atoms with E-state index in [1.54, 1.807) is 12.1 Å². The van der Waals surface area contributed by atoms with Gasteiger partial charge >= 0.3 is 0 Å². The summed E-state index contributed by atoms with van der Waals surface area (Å²) in [5.74, 6) is 0.105. The number of hydrogen-bond donors (Lipinski definition) is 0. The van der Waals surface area contributed by atoms with Crippen molar-refractivity contribution in [1.29, 1.82) is 0 Å². The Morgan fingerprint density at radius 2 is 1.81 bits per heavy atom. The Hall–Kier alpha value is -0.570. The van der Waals surface area contributed by atoms with Crippen molar-refractivity contribution in [2.24, 2.45) is 0 Å². The lowest BCUT2D eigenvalue weighted by molar-refractivity contribution is 0.176. The van der Waals surface area contributed by atoms with Crippen molar-refractivity contribution < 1.29 is 9.13 Å². The summed E-state index contributed by atoms with van der Waals surface area (Å²) in [6, 6.07) is 4.84. The van der Waals surface area contributed by atoms with Crippen LogP contribution in [0.5, 0.6) is 5.75 Å². The number of benzene rings is 1. The topological polar surface area (TPSA) is 9.23 Å². The minimum atomic E-state index is -0.271. The summed E-state index contributed by atoms with van der Waals surface area (Å²) in [7, 11) is 0. The molecule has 1 nitrogen and oxygen atoms in total. The molecule has 0 heterocycles. The molecule has 2 rings (SSSR count). The van der Waals surface area contributed by atoms with Crippen molar-refractivity contribution in [3.63, 3.8) is 0 Å². The fraction of sp³-hybridized carbons (Fsp3) is 0.538. The second kappa shape index (κ2) is 5.67. The summed E-state index contributed by atoms with van der Waals surface area (Å²) < 4.78 is 20.1. The second-order valence-electron chi connectivity index (χ2n) is 4.31. The number of halogens is 2. The predicted molar refractivity (Wildman–Crippen MR) is 66.2 cm³/mol. The van der Waals surface area contributed by atoms with Gasteiger partial charge in [0.05, 0.1) is 6.10 Å². The van der Waals surface area contributed by atoms with Crippen LogP contribution in [0.25, 0.3) is 0 Å². The van der Waals surface area contributed by atoms with Crippen molar-refractivity contribution in [3.8, 4) is 5.75 Å². The molecule has 0 spiro atoms. The fourth-order valence-corrected chi connectivity index (χ4v) is 2.45. The third-order valence-corrected chi connectivity index (χ3v) is 3.48. The van der Waals surface area contributed by atoms with E-state index < -0.39 is 0 Å². The van der Waals surface area contributed by atoms with Crippen molar-refractivity contribution in [2.75, 3.05) is 0 Å². The van der Waals surface area contributed by atoms with Gasteiger partial charge in [-0.05, 0) is 43.9 Å². The van der Waals surface area contributed by atoms with Crippen molar-refractivity contribution in [3.05, 3.63) is 28.5 Å². The molecular weight excluding hydrogens is 271 g/mol. The zero-order valence-corrected chi connectivity index (χ0v) is 10.8. The lowest BCUT2D eigenvalue weighted by Gasteiger charge is -2.17. The van der Waals surface area contributed by atoms with Gasteiger partial charge in [-0.2, -0.15) is 0 Å². The summed E-state index contributed by atoms with van der Waals surface area (Å²) in [6.45, 7) is 0. The van der Waals surface area contributed by atoms with E-state index >= 15 is 0 Å². The zero-order chi connectivity index (χ0) is 11.4. The van der Waals surface area contributed by atoms with Gasteiger partial charge in [-0.1, -0.05) is 28.8 Å². The summed E-state index contributed by atoms with van der Waals surface area (Å²) in [5, 5.41) is 0. The first kappa shape index (κ1) is 11.9. The largest absolute Gasteiger partial charge is 0.487 e. The Labute approximate surface area is 104 Å². The maximum absolute atomic E-state index is 13.5. The van der Waals surface area contributed by atoms with Crippen LogP contribution in [0, 0.1) is 5.82 Å². The minimum absolute atomic E-state index is 0.186. The molecule has 0 atom stereocenters. The van der Waals surface area contributed by atoms with Crippen molar-refractivity contribution in [1.82, 2.24) is 0 Å². The van der Waals surface area contributed by atoms with E-state index in [0.29, 0.717) is 5.75 Å². The van der Waals surface area contributed by atoms with Crippen LogP contribution >= 0.6 is 15.9 Å². The first-order valence-corrected chi connectivity index (χ1v) is 6.67. The Morgan fingerprint density at radius 3 is 2.50 bits per heavy atom. The van der Waals surface area contributed by atoms with Crippen LogP contribution in [0.4, 0.5) is 4.39 Å². The van der Waals surface area contributed by atoms with Crippen LogP contribution in [-0.4, -0.2) is 6.10 Å². The normalized spacial score (nSPS) is 18.1. The van der Waals surface area contributed by atoms with Crippen LogP contribution in [-0.2, 0) is 0 Å². The molecule has 0 bridgehead atoms. The van der Waals surface area contributed by atoms with E-state index in [1.807, 2.05) is 0 Å². The molecule has 16 heavy (non-hydrogen) atoms. The summed E-state index contributed by atoms with van der Waals surface area (Å²) >= 11 is 3.33. The molecule has 1 aromatic carbocycles. The predicted octanol–water partition coefficient (Wildman–Crippen LogP) is 4.69. The van der Waals surface area contributed by atoms with Gasteiger partial charge < -0.3 is 4.74 Å². The van der Waals surface area contributed by atoms with E-state index in [4.69, 9.17) is 4.74 Å². The van der Waals surface area contributed by atoms with Gasteiger partial charge in [-0.15, -0.1) is 0 Å². The van der Waals surface area contributed by atoms with E-state index in [1.165, 1.54) is 31.7 Å². The number of hydrogen-bond acceptors (Lipinski definition) is 1. The molecule has 1 aromatic rings. The van der Waals surface area contributed by atoms with Crippen molar-refractivity contribution >= 4 is 15.9 Å². The third-order valence-electron chi connectivity index (χ3n) is 2.99. The molecule has 88 valence electrons. The lowest BCUT2D eigenvalue weighted by atomic mass is 10.1. The van der Waals surface area contributed by atoms with Gasteiger partial charge in [0.15, 0.2) is 11.6 Å². The number of rotatable bonds is 2. The highest BCUT2D eigenvalue weighted by Crippen LogP contribution is 2.27. The van der Waals surface area contributed by atoms with E-state index in [0.717, 1.165) is 17.3 Å². The third kappa shape index (κ3) is 3.21. The highest BCUT2D eigenvalue weighted by Gasteiger charge is 2.15. The molecule has 1 fully saturated rings. The second-order valence-corrected chi connectivity index (χ2v) is 5.22. The van der Waals surface area contributed by atoms with Gasteiger partial charge in [0.25, 0.3) is 0 Å². The highest BCUT2D eigenvalue weighted by atomic mass is 79.9. The Bertz CT molecular complexity index is 346. The Morgan fingerprint density at radius 1 is 1.12 bits per heavy atom. The van der Waals surface area contributed by atoms with Crippen LogP contribution in [0.15, 0.2) is 22.7 Å². The van der Waals surface area contributed by atoms with E-state index in [2.05, 4.69) is 15.9 Å². The highest BCUT2D eigenvalue weighted by molar-refractivity contribution is 9.10. The molecule has 0 aliphatic heterocycles. The Kier molecular flexibility index (Phi) is 4.22. The van der Waals surface area contributed by atoms with Gasteiger partial charge in [-0.3, -0.25) is 0 Å². The van der Waals surface area contributed by atoms with E-state index in [-0.39, 0.29) is 11.9 Å². The molecule has 0 unspecified atom stereocenters. The van der Waals surface area contributed by atoms with Crippen LogP contribution in [0.2, 0.25) is 0 Å². The monoisotopic (exact) mass is 286 g/mol. The van der Waals surface area contributed by atoms with Crippen LogP contribution in [0.3, 0.4) is 0 Å².